The van der Waals surface area contributed by atoms with Gasteiger partial charge in [0.1, 0.15) is 6.10 Å². The molecular weight excluding hydrogens is 228 g/mol. The van der Waals surface area contributed by atoms with Crippen LogP contribution in [0.15, 0.2) is 24.4 Å². The highest BCUT2D eigenvalue weighted by atomic mass is 16.5. The summed E-state index contributed by atoms with van der Waals surface area (Å²) in [5.41, 5.74) is 0.717. The summed E-state index contributed by atoms with van der Waals surface area (Å²) in [7, 11) is 1.76. The van der Waals surface area contributed by atoms with Crippen molar-refractivity contribution in [2.45, 2.75) is 43.9 Å². The number of hydrogen-bond donors (Lipinski definition) is 2. The second-order valence-electron chi connectivity index (χ2n) is 4.84. The molecule has 1 unspecified atom stereocenters. The maximum atomic E-state index is 10.0. The summed E-state index contributed by atoms with van der Waals surface area (Å²) in [4.78, 5) is 4.16. The molecule has 4 heteroatoms. The minimum Gasteiger partial charge on any atom is -0.385 e. The van der Waals surface area contributed by atoms with Gasteiger partial charge in [0.25, 0.3) is 0 Å². The van der Waals surface area contributed by atoms with Crippen LogP contribution < -0.4 is 5.32 Å². The number of aliphatic hydroxyl groups excluding tert-OH is 1. The molecule has 3 atom stereocenters. The summed E-state index contributed by atoms with van der Waals surface area (Å²) in [6, 6.07) is 5.94. The van der Waals surface area contributed by atoms with Crippen molar-refractivity contribution in [1.29, 1.82) is 0 Å². The van der Waals surface area contributed by atoms with E-state index in [1.807, 2.05) is 18.2 Å². The smallest absolute Gasteiger partial charge is 0.108 e. The van der Waals surface area contributed by atoms with Crippen molar-refractivity contribution < 1.29 is 9.84 Å². The molecule has 1 heterocycles. The standard InChI is InChI=1S/C14H22N2O2/c1-18-14-8-3-2-7-12(14)16-10-13(17)11-6-4-5-9-15-11/h4-6,9,12-14,16-17H,2-3,7-8,10H2,1H3/t12-,13?,14-/m1/s1. The molecule has 0 saturated heterocycles. The number of methoxy groups -OCH3 is 1. The molecule has 1 fully saturated rings. The third kappa shape index (κ3) is 3.51. The van der Waals surface area contributed by atoms with E-state index in [0.717, 1.165) is 18.5 Å². The molecule has 1 aliphatic carbocycles. The van der Waals surface area contributed by atoms with Crippen LogP contribution in [-0.2, 0) is 4.74 Å². The van der Waals surface area contributed by atoms with Crippen LogP contribution in [0.2, 0.25) is 0 Å². The van der Waals surface area contributed by atoms with E-state index in [2.05, 4.69) is 10.3 Å². The zero-order chi connectivity index (χ0) is 12.8. The van der Waals surface area contributed by atoms with E-state index in [1.165, 1.54) is 12.8 Å². The van der Waals surface area contributed by atoms with E-state index in [4.69, 9.17) is 4.74 Å². The lowest BCUT2D eigenvalue weighted by Crippen LogP contribution is -2.44. The van der Waals surface area contributed by atoms with Crippen LogP contribution in [0.3, 0.4) is 0 Å². The molecule has 2 rings (SSSR count). The van der Waals surface area contributed by atoms with Gasteiger partial charge in [0.15, 0.2) is 0 Å². The maximum Gasteiger partial charge on any atom is 0.108 e. The molecule has 2 N–H and O–H groups in total. The Morgan fingerprint density at radius 2 is 2.28 bits per heavy atom. The van der Waals surface area contributed by atoms with Crippen molar-refractivity contribution in [3.63, 3.8) is 0 Å². The predicted molar refractivity (Wildman–Crippen MR) is 70.3 cm³/mol. The summed E-state index contributed by atoms with van der Waals surface area (Å²) < 4.78 is 5.48. The summed E-state index contributed by atoms with van der Waals surface area (Å²) in [5.74, 6) is 0. The Morgan fingerprint density at radius 3 is 3.00 bits per heavy atom. The first-order valence-electron chi connectivity index (χ1n) is 6.66. The van der Waals surface area contributed by atoms with Gasteiger partial charge in [-0.2, -0.15) is 0 Å². The Balaban J connectivity index is 1.83. The van der Waals surface area contributed by atoms with Crippen LogP contribution in [0.5, 0.6) is 0 Å². The molecule has 0 amide bonds. The van der Waals surface area contributed by atoms with E-state index < -0.39 is 6.10 Å². The number of rotatable bonds is 5. The Morgan fingerprint density at radius 1 is 1.44 bits per heavy atom. The Hall–Kier alpha value is -0.970. The largest absolute Gasteiger partial charge is 0.385 e. The van der Waals surface area contributed by atoms with Crippen molar-refractivity contribution >= 4 is 0 Å². The van der Waals surface area contributed by atoms with Gasteiger partial charge in [-0.15, -0.1) is 0 Å². The van der Waals surface area contributed by atoms with Gasteiger partial charge in [-0.3, -0.25) is 4.98 Å². The van der Waals surface area contributed by atoms with Gasteiger partial charge >= 0.3 is 0 Å². The quantitative estimate of drug-likeness (QED) is 0.834. The molecule has 4 nitrogen and oxygen atoms in total. The molecule has 18 heavy (non-hydrogen) atoms. The molecule has 0 radical (unpaired) electrons. The summed E-state index contributed by atoms with van der Waals surface area (Å²) >= 11 is 0. The highest BCUT2D eigenvalue weighted by Crippen LogP contribution is 2.21. The highest BCUT2D eigenvalue weighted by Gasteiger charge is 2.25. The molecular formula is C14H22N2O2. The van der Waals surface area contributed by atoms with Crippen molar-refractivity contribution in [3.05, 3.63) is 30.1 Å². The topological polar surface area (TPSA) is 54.4 Å². The molecule has 0 aromatic carbocycles. The van der Waals surface area contributed by atoms with Crippen molar-refractivity contribution in [1.82, 2.24) is 10.3 Å². The average molecular weight is 250 g/mol. The minimum atomic E-state index is -0.550. The van der Waals surface area contributed by atoms with Gasteiger partial charge in [0, 0.05) is 25.9 Å². The summed E-state index contributed by atoms with van der Waals surface area (Å²) in [6.45, 7) is 0.529. The second kappa shape index (κ2) is 6.83. The zero-order valence-electron chi connectivity index (χ0n) is 10.9. The van der Waals surface area contributed by atoms with Crippen molar-refractivity contribution in [2.24, 2.45) is 0 Å². The minimum absolute atomic E-state index is 0.273. The number of aliphatic hydroxyl groups is 1. The molecule has 1 aromatic heterocycles. The maximum absolute atomic E-state index is 10.0. The Labute approximate surface area is 108 Å². The van der Waals surface area contributed by atoms with Crippen LogP contribution >= 0.6 is 0 Å². The van der Waals surface area contributed by atoms with Gasteiger partial charge in [0.05, 0.1) is 11.8 Å². The molecule has 1 aliphatic rings. The number of aromatic nitrogens is 1. The lowest BCUT2D eigenvalue weighted by molar-refractivity contribution is 0.0363. The number of nitrogens with zero attached hydrogens (tertiary/aromatic N) is 1. The van der Waals surface area contributed by atoms with E-state index in [-0.39, 0.29) is 6.10 Å². The third-order valence-corrected chi connectivity index (χ3v) is 3.61. The average Bonchev–Trinajstić information content (AvgIpc) is 2.46. The summed E-state index contributed by atoms with van der Waals surface area (Å²) in [6.07, 6.45) is 6.12. The van der Waals surface area contributed by atoms with Crippen LogP contribution in [-0.4, -0.2) is 35.9 Å². The SMILES string of the molecule is CO[C@@H]1CCCC[C@H]1NCC(O)c1ccccn1. The first kappa shape index (κ1) is 13.5. The predicted octanol–water partition coefficient (Wildman–Crippen LogP) is 1.66. The molecule has 0 spiro atoms. The molecule has 100 valence electrons. The van der Waals surface area contributed by atoms with E-state index in [0.29, 0.717) is 12.6 Å². The molecule has 1 aromatic rings. The van der Waals surface area contributed by atoms with Gasteiger partial charge in [0.2, 0.25) is 0 Å². The van der Waals surface area contributed by atoms with E-state index in [9.17, 15) is 5.11 Å². The molecule has 1 saturated carbocycles. The number of nitrogens with one attached hydrogen (secondary N) is 1. The van der Waals surface area contributed by atoms with E-state index in [1.54, 1.807) is 13.3 Å². The van der Waals surface area contributed by atoms with Gasteiger partial charge < -0.3 is 15.2 Å². The van der Waals surface area contributed by atoms with Crippen LogP contribution in [0.4, 0.5) is 0 Å². The van der Waals surface area contributed by atoms with Gasteiger partial charge in [-0.1, -0.05) is 18.9 Å². The van der Waals surface area contributed by atoms with Crippen molar-refractivity contribution in [2.75, 3.05) is 13.7 Å². The van der Waals surface area contributed by atoms with Crippen molar-refractivity contribution in [3.8, 4) is 0 Å². The highest BCUT2D eigenvalue weighted by molar-refractivity contribution is 5.07. The molecule has 0 bridgehead atoms. The first-order valence-corrected chi connectivity index (χ1v) is 6.66. The van der Waals surface area contributed by atoms with Gasteiger partial charge in [-0.05, 0) is 25.0 Å². The number of pyridine rings is 1. The zero-order valence-corrected chi connectivity index (χ0v) is 10.9. The van der Waals surface area contributed by atoms with E-state index >= 15 is 0 Å². The van der Waals surface area contributed by atoms with Crippen LogP contribution in [0, 0.1) is 0 Å². The lowest BCUT2D eigenvalue weighted by Gasteiger charge is -2.31. The van der Waals surface area contributed by atoms with Crippen LogP contribution in [0.25, 0.3) is 0 Å². The Bertz CT molecular complexity index is 345. The molecule has 0 aliphatic heterocycles. The fourth-order valence-electron chi connectivity index (χ4n) is 2.55. The number of hydrogen-bond acceptors (Lipinski definition) is 4. The van der Waals surface area contributed by atoms with Crippen LogP contribution in [0.1, 0.15) is 37.5 Å². The Kier molecular flexibility index (Phi) is 5.11. The lowest BCUT2D eigenvalue weighted by atomic mass is 9.92. The second-order valence-corrected chi connectivity index (χ2v) is 4.84. The number of ether oxygens (including phenoxy) is 1. The monoisotopic (exact) mass is 250 g/mol. The van der Waals surface area contributed by atoms with Gasteiger partial charge in [-0.25, -0.2) is 0 Å². The summed E-state index contributed by atoms with van der Waals surface area (Å²) in [5, 5.41) is 13.5. The third-order valence-electron chi connectivity index (χ3n) is 3.61. The first-order chi connectivity index (χ1) is 8.81. The fourth-order valence-corrected chi connectivity index (χ4v) is 2.55. The normalized spacial score (nSPS) is 25.9. The fraction of sp³-hybridized carbons (Fsp3) is 0.643.